The Morgan fingerprint density at radius 2 is 2.12 bits per heavy atom. The highest BCUT2D eigenvalue weighted by Crippen LogP contribution is 2.18. The zero-order valence-electron chi connectivity index (χ0n) is 9.61. The van der Waals surface area contributed by atoms with Crippen LogP contribution in [0.5, 0.6) is 0 Å². The van der Waals surface area contributed by atoms with Gasteiger partial charge < -0.3 is 11.1 Å². The number of carbonyl (C=O) groups is 1. The van der Waals surface area contributed by atoms with Crippen molar-refractivity contribution in [3.05, 3.63) is 0 Å². The first-order valence-corrected chi connectivity index (χ1v) is 7.45. The fourth-order valence-electron chi connectivity index (χ4n) is 1.36. The van der Waals surface area contributed by atoms with E-state index in [1.165, 1.54) is 0 Å². The van der Waals surface area contributed by atoms with Crippen molar-refractivity contribution in [3.8, 4) is 0 Å². The zero-order chi connectivity index (χ0) is 12.2. The molecule has 0 aromatic rings. The van der Waals surface area contributed by atoms with Crippen LogP contribution in [0.2, 0.25) is 0 Å². The van der Waals surface area contributed by atoms with Gasteiger partial charge in [-0.15, -0.1) is 0 Å². The molecule has 0 radical (unpaired) electrons. The average molecular weight is 248 g/mol. The van der Waals surface area contributed by atoms with Crippen molar-refractivity contribution in [2.45, 2.75) is 32.2 Å². The molecule has 1 fully saturated rings. The molecule has 0 aliphatic heterocycles. The highest BCUT2D eigenvalue weighted by molar-refractivity contribution is 7.91. The maximum Gasteiger partial charge on any atom is 0.221 e. The predicted octanol–water partition coefficient (Wildman–Crippen LogP) is -0.335. The van der Waals surface area contributed by atoms with Gasteiger partial charge in [0.1, 0.15) is 0 Å². The summed E-state index contributed by atoms with van der Waals surface area (Å²) in [4.78, 5) is 11.3. The first-order valence-electron chi connectivity index (χ1n) is 5.63. The first kappa shape index (κ1) is 13.4. The van der Waals surface area contributed by atoms with Gasteiger partial charge >= 0.3 is 0 Å². The van der Waals surface area contributed by atoms with Crippen molar-refractivity contribution in [1.82, 2.24) is 5.32 Å². The summed E-state index contributed by atoms with van der Waals surface area (Å²) in [6.45, 7) is 2.15. The van der Waals surface area contributed by atoms with Crippen LogP contribution in [-0.4, -0.2) is 38.4 Å². The highest BCUT2D eigenvalue weighted by atomic mass is 32.2. The maximum atomic E-state index is 11.6. The summed E-state index contributed by atoms with van der Waals surface area (Å²) in [6, 6.07) is 0.290. The van der Waals surface area contributed by atoms with E-state index in [1.807, 2.05) is 0 Å². The molecule has 1 atom stereocenters. The second-order valence-electron chi connectivity index (χ2n) is 4.55. The zero-order valence-corrected chi connectivity index (χ0v) is 10.4. The van der Waals surface area contributed by atoms with Gasteiger partial charge in [-0.1, -0.05) is 6.92 Å². The molecule has 5 nitrogen and oxygen atoms in total. The fraction of sp³-hybridized carbons (Fsp3) is 0.900. The lowest BCUT2D eigenvalue weighted by atomic mass is 10.2. The molecule has 0 spiro atoms. The second kappa shape index (κ2) is 5.63. The van der Waals surface area contributed by atoms with Gasteiger partial charge in [0.15, 0.2) is 9.84 Å². The summed E-state index contributed by atoms with van der Waals surface area (Å²) in [5, 5.41) is 2.77. The van der Waals surface area contributed by atoms with Crippen LogP contribution in [0.15, 0.2) is 0 Å². The number of rotatable bonds is 7. The Balaban J connectivity index is 2.26. The van der Waals surface area contributed by atoms with Crippen LogP contribution < -0.4 is 11.1 Å². The number of hydrogen-bond acceptors (Lipinski definition) is 4. The molecule has 0 aromatic carbocycles. The number of hydrogen-bond donors (Lipinski definition) is 2. The van der Waals surface area contributed by atoms with E-state index in [0.29, 0.717) is 6.54 Å². The average Bonchev–Trinajstić information content (AvgIpc) is 2.98. The highest BCUT2D eigenvalue weighted by Gasteiger charge is 2.24. The van der Waals surface area contributed by atoms with Crippen molar-refractivity contribution in [2.75, 3.05) is 18.1 Å². The van der Waals surface area contributed by atoms with Crippen LogP contribution in [0.25, 0.3) is 0 Å². The first-order chi connectivity index (χ1) is 7.43. The van der Waals surface area contributed by atoms with Crippen LogP contribution in [0.3, 0.4) is 0 Å². The van der Waals surface area contributed by atoms with Crippen molar-refractivity contribution in [2.24, 2.45) is 11.7 Å². The standard InChI is InChI=1S/C10H20N2O3S/c1-8(6-11)7-16(14,15)5-4-10(13)12-9-2-3-9/h8-9H,2-7,11H2,1H3,(H,12,13). The van der Waals surface area contributed by atoms with E-state index >= 15 is 0 Å². The van der Waals surface area contributed by atoms with Crippen molar-refractivity contribution < 1.29 is 13.2 Å². The van der Waals surface area contributed by atoms with Gasteiger partial charge in [-0.05, 0) is 25.3 Å². The third kappa shape index (κ3) is 5.46. The summed E-state index contributed by atoms with van der Waals surface area (Å²) in [7, 11) is -3.14. The molecule has 0 heterocycles. The number of sulfone groups is 1. The van der Waals surface area contributed by atoms with E-state index in [0.717, 1.165) is 12.8 Å². The van der Waals surface area contributed by atoms with Gasteiger partial charge in [-0.3, -0.25) is 4.79 Å². The Morgan fingerprint density at radius 3 is 2.62 bits per heavy atom. The Kier molecular flexibility index (Phi) is 4.73. The summed E-state index contributed by atoms with van der Waals surface area (Å²) in [6.07, 6.45) is 2.10. The van der Waals surface area contributed by atoms with Gasteiger partial charge in [0.2, 0.25) is 5.91 Å². The molecule has 1 saturated carbocycles. The Morgan fingerprint density at radius 1 is 1.50 bits per heavy atom. The van der Waals surface area contributed by atoms with E-state index in [1.54, 1.807) is 6.92 Å². The molecule has 94 valence electrons. The lowest BCUT2D eigenvalue weighted by molar-refractivity contribution is -0.120. The van der Waals surface area contributed by atoms with Gasteiger partial charge in [-0.2, -0.15) is 0 Å². The minimum Gasteiger partial charge on any atom is -0.353 e. The summed E-state index contributed by atoms with van der Waals surface area (Å²) >= 11 is 0. The van der Waals surface area contributed by atoms with Crippen molar-refractivity contribution >= 4 is 15.7 Å². The van der Waals surface area contributed by atoms with E-state index < -0.39 is 9.84 Å². The van der Waals surface area contributed by atoms with Crippen molar-refractivity contribution in [1.29, 1.82) is 0 Å². The molecule has 16 heavy (non-hydrogen) atoms. The van der Waals surface area contributed by atoms with Gasteiger partial charge in [0.25, 0.3) is 0 Å². The molecule has 0 bridgehead atoms. The third-order valence-electron chi connectivity index (χ3n) is 2.52. The molecule has 3 N–H and O–H groups in total. The Hall–Kier alpha value is -0.620. The summed E-state index contributed by atoms with van der Waals surface area (Å²) in [5.41, 5.74) is 5.37. The fourth-order valence-corrected chi connectivity index (χ4v) is 3.03. The van der Waals surface area contributed by atoms with E-state index in [9.17, 15) is 13.2 Å². The molecule has 1 unspecified atom stereocenters. The quantitative estimate of drug-likeness (QED) is 0.645. The molecule has 0 saturated heterocycles. The number of nitrogens with two attached hydrogens (primary N) is 1. The normalized spacial score (nSPS) is 18.1. The predicted molar refractivity (Wildman–Crippen MR) is 62.7 cm³/mol. The SMILES string of the molecule is CC(CN)CS(=O)(=O)CCC(=O)NC1CC1. The molecule has 1 amide bonds. The molecule has 0 aromatic heterocycles. The Bertz CT molecular complexity index is 336. The van der Waals surface area contributed by atoms with Gasteiger partial charge in [0, 0.05) is 12.5 Å². The number of nitrogens with one attached hydrogen (secondary N) is 1. The minimum absolute atomic E-state index is 0.0449. The van der Waals surface area contributed by atoms with E-state index in [2.05, 4.69) is 5.32 Å². The van der Waals surface area contributed by atoms with Crippen LogP contribution in [-0.2, 0) is 14.6 Å². The second-order valence-corrected chi connectivity index (χ2v) is 6.78. The lowest BCUT2D eigenvalue weighted by Crippen LogP contribution is -2.29. The molecular formula is C10H20N2O3S. The third-order valence-corrected chi connectivity index (χ3v) is 4.43. The summed E-state index contributed by atoms with van der Waals surface area (Å²) < 4.78 is 23.1. The molecule has 6 heteroatoms. The molecular weight excluding hydrogens is 228 g/mol. The van der Waals surface area contributed by atoms with Crippen molar-refractivity contribution in [3.63, 3.8) is 0 Å². The van der Waals surface area contributed by atoms with Crippen LogP contribution >= 0.6 is 0 Å². The number of carbonyl (C=O) groups excluding carboxylic acids is 1. The molecule has 1 rings (SSSR count). The van der Waals surface area contributed by atoms with Gasteiger partial charge in [0.05, 0.1) is 11.5 Å². The van der Waals surface area contributed by atoms with Gasteiger partial charge in [-0.25, -0.2) is 8.42 Å². The van der Waals surface area contributed by atoms with Crippen LogP contribution in [0.1, 0.15) is 26.2 Å². The number of amides is 1. The Labute approximate surface area is 96.7 Å². The smallest absolute Gasteiger partial charge is 0.221 e. The largest absolute Gasteiger partial charge is 0.353 e. The topological polar surface area (TPSA) is 89.3 Å². The van der Waals surface area contributed by atoms with Crippen LogP contribution in [0.4, 0.5) is 0 Å². The molecule has 1 aliphatic carbocycles. The van der Waals surface area contributed by atoms with E-state index in [4.69, 9.17) is 5.73 Å². The minimum atomic E-state index is -3.14. The monoisotopic (exact) mass is 248 g/mol. The van der Waals surface area contributed by atoms with Crippen LogP contribution in [0, 0.1) is 5.92 Å². The summed E-state index contributed by atoms with van der Waals surface area (Å²) in [5.74, 6) is -0.209. The molecule has 1 aliphatic rings. The lowest BCUT2D eigenvalue weighted by Gasteiger charge is -2.09. The maximum absolute atomic E-state index is 11.6. The van der Waals surface area contributed by atoms with E-state index in [-0.39, 0.29) is 35.8 Å².